The first kappa shape index (κ1) is 24.1. The lowest BCUT2D eigenvalue weighted by atomic mass is 10.2. The van der Waals surface area contributed by atoms with Gasteiger partial charge in [-0.05, 0) is 65.4 Å². The monoisotopic (exact) mass is 509 g/mol. The predicted molar refractivity (Wildman–Crippen MR) is 145 cm³/mol. The summed E-state index contributed by atoms with van der Waals surface area (Å²) in [5.74, 6) is 1.24. The Hall–Kier alpha value is -4.56. The molecular weight excluding hydrogens is 486 g/mol. The Morgan fingerprint density at radius 2 is 1.81 bits per heavy atom. The molecule has 8 heteroatoms. The number of hydrogen-bond acceptors (Lipinski definition) is 7. The number of furan rings is 1. The average molecular weight is 510 g/mol. The Labute approximate surface area is 218 Å². The van der Waals surface area contributed by atoms with Crippen molar-refractivity contribution < 1.29 is 19.1 Å². The molecule has 1 N–H and O–H groups in total. The van der Waals surface area contributed by atoms with Gasteiger partial charge in [-0.25, -0.2) is 0 Å². The normalized spacial score (nSPS) is 15.8. The van der Waals surface area contributed by atoms with E-state index < -0.39 is 0 Å². The van der Waals surface area contributed by atoms with Crippen molar-refractivity contribution in [1.82, 2.24) is 4.90 Å². The number of thioether (sulfide) groups is 1. The van der Waals surface area contributed by atoms with E-state index in [9.17, 15) is 9.90 Å². The molecule has 0 bridgehead atoms. The summed E-state index contributed by atoms with van der Waals surface area (Å²) in [5, 5.41) is 18.8. The van der Waals surface area contributed by atoms with E-state index in [1.54, 1.807) is 42.7 Å². The maximum atomic E-state index is 13.3. The van der Waals surface area contributed by atoms with Gasteiger partial charge in [0.25, 0.3) is 5.91 Å². The molecule has 0 spiro atoms. The minimum atomic E-state index is -0.200. The number of ether oxygens (including phenoxy) is 1. The second-order valence-electron chi connectivity index (χ2n) is 8.11. The Morgan fingerprint density at radius 1 is 0.973 bits per heavy atom. The van der Waals surface area contributed by atoms with Crippen molar-refractivity contribution >= 4 is 35.1 Å². The maximum absolute atomic E-state index is 13.3. The molecular formula is C29H23N3O4S. The zero-order valence-corrected chi connectivity index (χ0v) is 20.5. The van der Waals surface area contributed by atoms with E-state index in [0.717, 1.165) is 11.1 Å². The molecule has 4 aromatic rings. The topological polar surface area (TPSA) is 87.6 Å². The Bertz CT molecular complexity index is 1460. The summed E-state index contributed by atoms with van der Waals surface area (Å²) in [6, 6.07) is 27.9. The van der Waals surface area contributed by atoms with Crippen LogP contribution in [0.25, 0.3) is 6.08 Å². The van der Waals surface area contributed by atoms with E-state index in [0.29, 0.717) is 33.8 Å². The van der Waals surface area contributed by atoms with Crippen molar-refractivity contribution in [1.29, 1.82) is 0 Å². The Balaban J connectivity index is 1.37. The Morgan fingerprint density at radius 3 is 2.62 bits per heavy atom. The summed E-state index contributed by atoms with van der Waals surface area (Å²) in [5.41, 5.74) is 2.44. The zero-order valence-electron chi connectivity index (χ0n) is 19.7. The summed E-state index contributed by atoms with van der Waals surface area (Å²) in [6.07, 6.45) is 4.83. The van der Waals surface area contributed by atoms with Crippen molar-refractivity contribution in [2.45, 2.75) is 13.2 Å². The first-order valence-electron chi connectivity index (χ1n) is 11.6. The molecule has 0 aliphatic carbocycles. The quantitative estimate of drug-likeness (QED) is 0.177. The molecule has 5 rings (SSSR count). The molecule has 0 unspecified atom stereocenters. The molecule has 1 aliphatic heterocycles. The number of para-hydroxylation sites is 1. The van der Waals surface area contributed by atoms with E-state index in [1.165, 1.54) is 22.9 Å². The second kappa shape index (κ2) is 11.5. The summed E-state index contributed by atoms with van der Waals surface area (Å²) in [7, 11) is 0. The van der Waals surface area contributed by atoms with Gasteiger partial charge in [-0.3, -0.25) is 9.69 Å². The standard InChI is InChI=1S/C29H23N3O4S/c33-26-14-5-4-11-23(26)18-30-31-29-32(19-25-13-7-15-35-25)28(34)27(37-29)17-22-10-6-12-24(16-22)36-20-21-8-2-1-3-9-21/h1-18,33H,19-20H2/b27-17-,30-18-,31-29+. The maximum Gasteiger partial charge on any atom is 0.267 e. The third-order valence-corrected chi connectivity index (χ3v) is 6.46. The lowest BCUT2D eigenvalue weighted by Crippen LogP contribution is -2.28. The van der Waals surface area contributed by atoms with Crippen LogP contribution in [-0.4, -0.2) is 27.3 Å². The van der Waals surface area contributed by atoms with Gasteiger partial charge >= 0.3 is 0 Å². The van der Waals surface area contributed by atoms with E-state index in [1.807, 2.05) is 60.7 Å². The number of nitrogens with zero attached hydrogens (tertiary/aromatic N) is 3. The molecule has 184 valence electrons. The molecule has 1 aromatic heterocycles. The number of benzene rings is 3. The molecule has 3 aromatic carbocycles. The number of amides is 1. The van der Waals surface area contributed by atoms with Crippen molar-refractivity contribution in [3.63, 3.8) is 0 Å². The lowest BCUT2D eigenvalue weighted by molar-refractivity contribution is -0.122. The molecule has 0 radical (unpaired) electrons. The summed E-state index contributed by atoms with van der Waals surface area (Å²) in [6.45, 7) is 0.679. The van der Waals surface area contributed by atoms with Crippen LogP contribution in [0, 0.1) is 0 Å². The van der Waals surface area contributed by atoms with Crippen molar-refractivity contribution in [3.8, 4) is 11.5 Å². The van der Waals surface area contributed by atoms with E-state index in [2.05, 4.69) is 10.2 Å². The van der Waals surface area contributed by atoms with Gasteiger partial charge in [-0.15, -0.1) is 5.10 Å². The molecule has 1 saturated heterocycles. The summed E-state index contributed by atoms with van der Waals surface area (Å²) >= 11 is 1.23. The molecule has 2 heterocycles. The molecule has 37 heavy (non-hydrogen) atoms. The highest BCUT2D eigenvalue weighted by atomic mass is 32.2. The number of aromatic hydroxyl groups is 1. The Kier molecular flexibility index (Phi) is 7.47. The highest BCUT2D eigenvalue weighted by molar-refractivity contribution is 8.18. The predicted octanol–water partition coefficient (Wildman–Crippen LogP) is 6.07. The van der Waals surface area contributed by atoms with Gasteiger partial charge in [-0.1, -0.05) is 54.6 Å². The number of carbonyl (C=O) groups excluding carboxylic acids is 1. The van der Waals surface area contributed by atoms with Gasteiger partial charge in [0.1, 0.15) is 23.9 Å². The van der Waals surface area contributed by atoms with Crippen LogP contribution in [-0.2, 0) is 17.9 Å². The number of carbonyl (C=O) groups is 1. The van der Waals surface area contributed by atoms with E-state index in [-0.39, 0.29) is 18.2 Å². The minimum Gasteiger partial charge on any atom is -0.507 e. The summed E-state index contributed by atoms with van der Waals surface area (Å²) in [4.78, 5) is 15.3. The van der Waals surface area contributed by atoms with Crippen LogP contribution in [0.3, 0.4) is 0 Å². The van der Waals surface area contributed by atoms with Crippen molar-refractivity contribution in [3.05, 3.63) is 125 Å². The molecule has 1 amide bonds. The van der Waals surface area contributed by atoms with Gasteiger partial charge in [0.05, 0.1) is 23.9 Å². The van der Waals surface area contributed by atoms with E-state index >= 15 is 0 Å². The van der Waals surface area contributed by atoms with Crippen molar-refractivity contribution in [2.75, 3.05) is 0 Å². The minimum absolute atomic E-state index is 0.101. The number of phenolic OH excluding ortho intramolecular Hbond substituents is 1. The SMILES string of the molecule is O=C1/C(=C/c2cccc(OCc3ccccc3)c2)S/C(=N/N=C\c2ccccc2O)N1Cc1ccco1. The fourth-order valence-corrected chi connectivity index (χ4v) is 4.54. The van der Waals surface area contributed by atoms with Crippen LogP contribution in [0.5, 0.6) is 11.5 Å². The fraction of sp³-hybridized carbons (Fsp3) is 0.0690. The van der Waals surface area contributed by atoms with Gasteiger partial charge in [0.15, 0.2) is 5.17 Å². The van der Waals surface area contributed by atoms with Gasteiger partial charge < -0.3 is 14.3 Å². The lowest BCUT2D eigenvalue weighted by Gasteiger charge is -2.12. The van der Waals surface area contributed by atoms with Crippen LogP contribution >= 0.6 is 11.8 Å². The van der Waals surface area contributed by atoms with Crippen LogP contribution in [0.1, 0.15) is 22.5 Å². The fourth-order valence-electron chi connectivity index (χ4n) is 3.60. The zero-order chi connectivity index (χ0) is 25.5. The smallest absolute Gasteiger partial charge is 0.267 e. The number of hydrogen-bond donors (Lipinski definition) is 1. The third kappa shape index (κ3) is 6.17. The highest BCUT2D eigenvalue weighted by Gasteiger charge is 2.34. The first-order valence-corrected chi connectivity index (χ1v) is 12.4. The van der Waals surface area contributed by atoms with Crippen LogP contribution in [0.2, 0.25) is 0 Å². The largest absolute Gasteiger partial charge is 0.507 e. The van der Waals surface area contributed by atoms with E-state index in [4.69, 9.17) is 9.15 Å². The van der Waals surface area contributed by atoms with Crippen LogP contribution in [0.4, 0.5) is 0 Å². The highest BCUT2D eigenvalue weighted by Crippen LogP contribution is 2.34. The number of rotatable bonds is 8. The molecule has 1 fully saturated rings. The molecule has 1 aliphatic rings. The van der Waals surface area contributed by atoms with Gasteiger partial charge in [0.2, 0.25) is 0 Å². The number of amidine groups is 1. The van der Waals surface area contributed by atoms with Gasteiger partial charge in [-0.2, -0.15) is 5.10 Å². The average Bonchev–Trinajstić information content (AvgIpc) is 3.54. The first-order chi connectivity index (χ1) is 18.2. The molecule has 0 atom stereocenters. The third-order valence-electron chi connectivity index (χ3n) is 5.46. The second-order valence-corrected chi connectivity index (χ2v) is 9.12. The number of phenols is 1. The summed E-state index contributed by atoms with van der Waals surface area (Å²) < 4.78 is 11.4. The van der Waals surface area contributed by atoms with Crippen LogP contribution in [0.15, 0.2) is 117 Å². The molecule has 7 nitrogen and oxygen atoms in total. The molecule has 0 saturated carbocycles. The van der Waals surface area contributed by atoms with Crippen molar-refractivity contribution in [2.24, 2.45) is 10.2 Å². The van der Waals surface area contributed by atoms with Crippen LogP contribution < -0.4 is 4.74 Å². The van der Waals surface area contributed by atoms with Gasteiger partial charge in [0, 0.05) is 5.56 Å².